The Bertz CT molecular complexity index is 593. The molecule has 0 saturated carbocycles. The van der Waals surface area contributed by atoms with Crippen molar-refractivity contribution in [2.75, 3.05) is 0 Å². The van der Waals surface area contributed by atoms with E-state index in [0.717, 1.165) is 0 Å². The molecular weight excluding hydrogens is 370 g/mol. The number of hydrogen-bond acceptors (Lipinski definition) is 7. The number of pyridine rings is 1. The second-order valence-electron chi connectivity index (χ2n) is 4.06. The van der Waals surface area contributed by atoms with Crippen LogP contribution in [-0.2, 0) is 31.7 Å². The fourth-order valence-corrected chi connectivity index (χ4v) is 1.21. The van der Waals surface area contributed by atoms with E-state index in [1.807, 2.05) is 0 Å². The largest absolute Gasteiger partial charge is 0.481 e. The van der Waals surface area contributed by atoms with Crippen molar-refractivity contribution in [1.29, 1.82) is 0 Å². The Labute approximate surface area is 144 Å². The van der Waals surface area contributed by atoms with Crippen molar-refractivity contribution in [3.05, 3.63) is 30.1 Å². The topological polar surface area (TPSA) is 203 Å². The van der Waals surface area contributed by atoms with E-state index < -0.39 is 42.0 Å². The van der Waals surface area contributed by atoms with Crippen LogP contribution in [0.3, 0.4) is 0 Å². The standard InChI is InChI=1S/C6H5NO2.C6H8O8.Cr/c8-6(9)5-3-1-2-4-7-5;7-2(8)1-6(14,5(12)13)3(9)4(10)11;/h1-4H,(H,8,9);3,9,14H,1H2,(H,7,8)(H,10,11)(H,12,13);. The number of carboxylic acids is 4. The van der Waals surface area contributed by atoms with Crippen LogP contribution in [0.4, 0.5) is 0 Å². The van der Waals surface area contributed by atoms with Crippen molar-refractivity contribution < 1.29 is 67.2 Å². The van der Waals surface area contributed by atoms with Crippen molar-refractivity contribution in [2.45, 2.75) is 18.1 Å². The molecule has 12 heteroatoms. The Kier molecular flexibility index (Phi) is 10.2. The van der Waals surface area contributed by atoms with Gasteiger partial charge in [0.1, 0.15) is 5.69 Å². The summed E-state index contributed by atoms with van der Waals surface area (Å²) in [6.45, 7) is 0. The van der Waals surface area contributed by atoms with E-state index in [9.17, 15) is 19.2 Å². The van der Waals surface area contributed by atoms with Crippen LogP contribution in [0.25, 0.3) is 0 Å². The van der Waals surface area contributed by atoms with Crippen LogP contribution in [0.15, 0.2) is 24.4 Å². The molecule has 0 radical (unpaired) electrons. The molecule has 24 heavy (non-hydrogen) atoms. The van der Waals surface area contributed by atoms with Crippen LogP contribution in [0.2, 0.25) is 0 Å². The van der Waals surface area contributed by atoms with Crippen LogP contribution >= 0.6 is 0 Å². The van der Waals surface area contributed by atoms with Gasteiger partial charge >= 0.3 is 23.9 Å². The molecule has 0 amide bonds. The molecule has 0 aliphatic carbocycles. The second-order valence-corrected chi connectivity index (χ2v) is 4.06. The van der Waals surface area contributed by atoms with E-state index in [-0.39, 0.29) is 23.1 Å². The van der Waals surface area contributed by atoms with Gasteiger partial charge in [-0.25, -0.2) is 19.4 Å². The Morgan fingerprint density at radius 2 is 1.62 bits per heavy atom. The first-order valence-electron chi connectivity index (χ1n) is 5.75. The zero-order valence-electron chi connectivity index (χ0n) is 11.8. The second kappa shape index (κ2) is 10.3. The number of rotatable bonds is 6. The summed E-state index contributed by atoms with van der Waals surface area (Å²) in [5.41, 5.74) is -3.14. The van der Waals surface area contributed by atoms with Crippen molar-refractivity contribution in [3.63, 3.8) is 0 Å². The van der Waals surface area contributed by atoms with Crippen molar-refractivity contribution in [1.82, 2.24) is 4.98 Å². The zero-order chi connectivity index (χ0) is 18.2. The smallest absolute Gasteiger partial charge is 0.354 e. The van der Waals surface area contributed by atoms with Gasteiger partial charge in [0.25, 0.3) is 0 Å². The number of aromatic carboxylic acids is 1. The molecule has 0 spiro atoms. The van der Waals surface area contributed by atoms with E-state index in [1.54, 1.807) is 12.1 Å². The van der Waals surface area contributed by atoms with Crippen LogP contribution in [0.1, 0.15) is 16.9 Å². The van der Waals surface area contributed by atoms with Gasteiger partial charge in [0, 0.05) is 23.6 Å². The predicted octanol–water partition coefficient (Wildman–Crippen LogP) is -1.50. The summed E-state index contributed by atoms with van der Waals surface area (Å²) in [4.78, 5) is 44.4. The number of aliphatic hydroxyl groups is 2. The maximum Gasteiger partial charge on any atom is 0.354 e. The zero-order valence-corrected chi connectivity index (χ0v) is 13.0. The number of aliphatic hydroxyl groups excluding tert-OH is 1. The molecule has 132 valence electrons. The number of nitrogens with zero attached hydrogens (tertiary/aromatic N) is 1. The first-order chi connectivity index (χ1) is 10.5. The van der Waals surface area contributed by atoms with E-state index in [4.69, 9.17) is 30.6 Å². The van der Waals surface area contributed by atoms with Crippen LogP contribution in [0, 0.1) is 0 Å². The summed E-state index contributed by atoms with van der Waals surface area (Å²) in [6, 6.07) is 4.76. The molecule has 6 N–H and O–H groups in total. The molecule has 0 fully saturated rings. The summed E-state index contributed by atoms with van der Waals surface area (Å²) in [7, 11) is 0. The number of hydrogen-bond donors (Lipinski definition) is 6. The maximum absolute atomic E-state index is 10.4. The van der Waals surface area contributed by atoms with Gasteiger partial charge in [-0.3, -0.25) is 4.79 Å². The fourth-order valence-electron chi connectivity index (χ4n) is 1.21. The van der Waals surface area contributed by atoms with Crippen LogP contribution < -0.4 is 0 Å². The Morgan fingerprint density at radius 1 is 1.08 bits per heavy atom. The fraction of sp³-hybridized carbons (Fsp3) is 0.250. The minimum absolute atomic E-state index is 0. The van der Waals surface area contributed by atoms with Crippen LogP contribution in [0.5, 0.6) is 0 Å². The van der Waals surface area contributed by atoms with Crippen molar-refractivity contribution in [2.24, 2.45) is 0 Å². The molecule has 1 aromatic heterocycles. The normalized spacial score (nSPS) is 13.1. The van der Waals surface area contributed by atoms with E-state index in [0.29, 0.717) is 0 Å². The van der Waals surface area contributed by atoms with E-state index >= 15 is 0 Å². The monoisotopic (exact) mass is 383 g/mol. The SMILES string of the molecule is O=C(O)CC(O)(C(=O)O)C(O)C(=O)O.O=C(O)c1ccccn1.[Cr]. The number of carboxylic acid groups (broad SMARTS) is 4. The van der Waals surface area contributed by atoms with E-state index in [1.165, 1.54) is 12.3 Å². The molecule has 0 aliphatic rings. The average molecular weight is 383 g/mol. The minimum Gasteiger partial charge on any atom is -0.481 e. The number of aromatic nitrogens is 1. The molecule has 0 saturated heterocycles. The van der Waals surface area contributed by atoms with Gasteiger partial charge in [-0.15, -0.1) is 0 Å². The quantitative estimate of drug-likeness (QED) is 0.333. The number of aliphatic carboxylic acids is 3. The first-order valence-corrected chi connectivity index (χ1v) is 5.75. The molecule has 0 bridgehead atoms. The molecule has 0 aromatic carbocycles. The third kappa shape index (κ3) is 7.16. The van der Waals surface area contributed by atoms with Gasteiger partial charge in [0.15, 0.2) is 6.10 Å². The summed E-state index contributed by atoms with van der Waals surface area (Å²) in [5.74, 6) is -6.86. The van der Waals surface area contributed by atoms with Crippen molar-refractivity contribution in [3.8, 4) is 0 Å². The first kappa shape index (κ1) is 23.7. The Morgan fingerprint density at radius 3 is 1.88 bits per heavy atom. The van der Waals surface area contributed by atoms with Crippen molar-refractivity contribution >= 4 is 23.9 Å². The van der Waals surface area contributed by atoms with Gasteiger partial charge < -0.3 is 30.6 Å². The summed E-state index contributed by atoms with van der Waals surface area (Å²) in [5, 5.41) is 51.0. The molecule has 2 atom stereocenters. The van der Waals surface area contributed by atoms with Gasteiger partial charge in [0.2, 0.25) is 5.60 Å². The summed E-state index contributed by atoms with van der Waals surface area (Å²) < 4.78 is 0. The number of carbonyl (C=O) groups is 4. The third-order valence-electron chi connectivity index (χ3n) is 2.36. The Balaban J connectivity index is 0. The predicted molar refractivity (Wildman–Crippen MR) is 69.7 cm³/mol. The summed E-state index contributed by atoms with van der Waals surface area (Å²) in [6.07, 6.45) is -2.66. The Hall–Kier alpha value is -2.52. The van der Waals surface area contributed by atoms with Gasteiger partial charge in [-0.2, -0.15) is 0 Å². The van der Waals surface area contributed by atoms with Gasteiger partial charge in [-0.05, 0) is 12.1 Å². The molecule has 2 unspecified atom stereocenters. The van der Waals surface area contributed by atoms with E-state index in [2.05, 4.69) is 4.98 Å². The molecule has 1 heterocycles. The molecule has 1 rings (SSSR count). The average Bonchev–Trinajstić information content (AvgIpc) is 2.46. The summed E-state index contributed by atoms with van der Waals surface area (Å²) >= 11 is 0. The minimum atomic E-state index is -3.22. The van der Waals surface area contributed by atoms with Gasteiger partial charge in [-0.1, -0.05) is 6.07 Å². The maximum atomic E-state index is 10.4. The third-order valence-corrected chi connectivity index (χ3v) is 2.36. The molecule has 11 nitrogen and oxygen atoms in total. The molecular formula is C12H13CrNO10. The van der Waals surface area contributed by atoms with Crippen LogP contribution in [-0.4, -0.2) is 71.2 Å². The van der Waals surface area contributed by atoms with Gasteiger partial charge in [0.05, 0.1) is 6.42 Å². The molecule has 0 aliphatic heterocycles. The molecule has 1 aromatic rings.